The minimum Gasteiger partial charge on any atom is -0.379 e. The second kappa shape index (κ2) is 3.35. The Kier molecular flexibility index (Phi) is 2.69. The van der Waals surface area contributed by atoms with E-state index in [0.717, 1.165) is 19.0 Å². The van der Waals surface area contributed by atoms with E-state index in [-0.39, 0.29) is 6.23 Å². The lowest BCUT2D eigenvalue weighted by Gasteiger charge is -2.32. The molecule has 1 rings (SSSR count). The van der Waals surface area contributed by atoms with Crippen molar-refractivity contribution in [3.63, 3.8) is 0 Å². The van der Waals surface area contributed by atoms with Gasteiger partial charge in [-0.05, 0) is 25.7 Å². The van der Waals surface area contributed by atoms with Gasteiger partial charge in [0.2, 0.25) is 0 Å². The molecule has 0 aromatic carbocycles. The van der Waals surface area contributed by atoms with Crippen LogP contribution >= 0.6 is 0 Å². The number of rotatable bonds is 1. The number of piperidine rings is 1. The molecule has 0 aliphatic carbocycles. The van der Waals surface area contributed by atoms with Crippen LogP contribution in [-0.4, -0.2) is 29.3 Å². The first kappa shape index (κ1) is 8.02. The van der Waals surface area contributed by atoms with Gasteiger partial charge in [0.1, 0.15) is 6.23 Å². The van der Waals surface area contributed by atoms with Crippen LogP contribution in [0.4, 0.5) is 0 Å². The average Bonchev–Trinajstić information content (AvgIpc) is 1.88. The molecule has 1 N–H and O–H groups in total. The highest BCUT2D eigenvalue weighted by Crippen LogP contribution is 2.16. The van der Waals surface area contributed by atoms with Crippen molar-refractivity contribution in [2.24, 2.45) is 5.92 Å². The van der Waals surface area contributed by atoms with Gasteiger partial charge in [-0.2, -0.15) is 0 Å². The topological polar surface area (TPSA) is 23.5 Å². The summed E-state index contributed by atoms with van der Waals surface area (Å²) in [4.78, 5) is 2.13. The maximum atomic E-state index is 9.22. The summed E-state index contributed by atoms with van der Waals surface area (Å²) in [5, 5.41) is 9.22. The summed E-state index contributed by atoms with van der Waals surface area (Å²) in [5.41, 5.74) is 0. The molecule has 1 heterocycles. The summed E-state index contributed by atoms with van der Waals surface area (Å²) in [5.74, 6) is 0.767. The van der Waals surface area contributed by atoms with Crippen molar-refractivity contribution in [1.29, 1.82) is 0 Å². The molecule has 1 fully saturated rings. The van der Waals surface area contributed by atoms with E-state index >= 15 is 0 Å². The smallest absolute Gasteiger partial charge is 0.104 e. The summed E-state index contributed by atoms with van der Waals surface area (Å²) >= 11 is 0. The van der Waals surface area contributed by atoms with Crippen LogP contribution in [0, 0.1) is 5.92 Å². The number of nitrogens with zero attached hydrogens (tertiary/aromatic N) is 1. The molecule has 0 bridgehead atoms. The van der Waals surface area contributed by atoms with Crippen molar-refractivity contribution in [3.8, 4) is 0 Å². The van der Waals surface area contributed by atoms with Gasteiger partial charge in [-0.1, -0.05) is 6.92 Å². The molecule has 10 heavy (non-hydrogen) atoms. The van der Waals surface area contributed by atoms with Crippen LogP contribution in [0.2, 0.25) is 0 Å². The number of aliphatic hydroxyl groups is 1. The lowest BCUT2D eigenvalue weighted by atomic mass is 10.0. The normalized spacial score (nSPS) is 32.1. The van der Waals surface area contributed by atoms with E-state index in [2.05, 4.69) is 11.8 Å². The van der Waals surface area contributed by atoms with Gasteiger partial charge in [0.25, 0.3) is 0 Å². The molecular weight excluding hydrogens is 126 g/mol. The first-order valence-electron chi connectivity index (χ1n) is 4.12. The molecule has 2 atom stereocenters. The van der Waals surface area contributed by atoms with Gasteiger partial charge < -0.3 is 5.11 Å². The molecule has 0 amide bonds. The van der Waals surface area contributed by atoms with Crippen LogP contribution in [-0.2, 0) is 0 Å². The molecule has 0 saturated carbocycles. The third-order valence-corrected chi connectivity index (χ3v) is 2.22. The van der Waals surface area contributed by atoms with E-state index in [0.29, 0.717) is 0 Å². The first-order chi connectivity index (χ1) is 4.70. The van der Waals surface area contributed by atoms with E-state index in [1.54, 1.807) is 0 Å². The van der Waals surface area contributed by atoms with Crippen molar-refractivity contribution >= 4 is 0 Å². The molecule has 2 heteroatoms. The van der Waals surface area contributed by atoms with Crippen molar-refractivity contribution in [1.82, 2.24) is 4.90 Å². The number of likely N-dealkylation sites (tertiary alicyclic amines) is 1. The van der Waals surface area contributed by atoms with Gasteiger partial charge >= 0.3 is 0 Å². The lowest BCUT2D eigenvalue weighted by Crippen LogP contribution is -2.40. The predicted octanol–water partition coefficient (Wildman–Crippen LogP) is 1.06. The average molecular weight is 143 g/mol. The zero-order valence-corrected chi connectivity index (χ0v) is 6.88. The SMILES string of the molecule is CC1CCCN(C(C)O)C1. The molecule has 0 spiro atoms. The Morgan fingerprint density at radius 2 is 2.30 bits per heavy atom. The highest BCUT2D eigenvalue weighted by molar-refractivity contribution is 4.69. The highest BCUT2D eigenvalue weighted by Gasteiger charge is 2.18. The molecule has 0 aromatic heterocycles. The zero-order chi connectivity index (χ0) is 7.56. The van der Waals surface area contributed by atoms with Crippen LogP contribution in [0.15, 0.2) is 0 Å². The zero-order valence-electron chi connectivity index (χ0n) is 6.88. The molecule has 2 nitrogen and oxygen atoms in total. The molecule has 2 unspecified atom stereocenters. The van der Waals surface area contributed by atoms with Gasteiger partial charge in [0.15, 0.2) is 0 Å². The second-order valence-electron chi connectivity index (χ2n) is 3.37. The molecule has 60 valence electrons. The van der Waals surface area contributed by atoms with Crippen LogP contribution < -0.4 is 0 Å². The molecule has 0 aromatic rings. The Bertz CT molecular complexity index is 103. The molecule has 1 saturated heterocycles. The maximum absolute atomic E-state index is 9.22. The van der Waals surface area contributed by atoms with Crippen molar-refractivity contribution in [2.45, 2.75) is 32.9 Å². The largest absolute Gasteiger partial charge is 0.379 e. The van der Waals surface area contributed by atoms with Crippen LogP contribution in [0.3, 0.4) is 0 Å². The predicted molar refractivity (Wildman–Crippen MR) is 41.7 cm³/mol. The third-order valence-electron chi connectivity index (χ3n) is 2.22. The minimum absolute atomic E-state index is 0.247. The quantitative estimate of drug-likeness (QED) is 0.593. The van der Waals surface area contributed by atoms with E-state index in [1.807, 2.05) is 6.92 Å². The van der Waals surface area contributed by atoms with Crippen LogP contribution in [0.25, 0.3) is 0 Å². The van der Waals surface area contributed by atoms with Gasteiger partial charge in [-0.15, -0.1) is 0 Å². The van der Waals surface area contributed by atoms with E-state index in [1.165, 1.54) is 12.8 Å². The highest BCUT2D eigenvalue weighted by atomic mass is 16.3. The van der Waals surface area contributed by atoms with Gasteiger partial charge in [0.05, 0.1) is 0 Å². The Morgan fingerprint density at radius 3 is 2.70 bits per heavy atom. The monoisotopic (exact) mass is 143 g/mol. The summed E-state index contributed by atoms with van der Waals surface area (Å²) in [6.45, 7) is 6.23. The summed E-state index contributed by atoms with van der Waals surface area (Å²) in [7, 11) is 0. The molecule has 1 aliphatic heterocycles. The number of hydrogen-bond acceptors (Lipinski definition) is 2. The van der Waals surface area contributed by atoms with Gasteiger partial charge in [0, 0.05) is 13.1 Å². The molecule has 1 aliphatic rings. The van der Waals surface area contributed by atoms with Crippen molar-refractivity contribution < 1.29 is 5.11 Å². The summed E-state index contributed by atoms with van der Waals surface area (Å²) in [6.07, 6.45) is 2.32. The number of aliphatic hydroxyl groups excluding tert-OH is 1. The van der Waals surface area contributed by atoms with E-state index < -0.39 is 0 Å². The molecular formula is C8H17NO. The summed E-state index contributed by atoms with van der Waals surface area (Å²) < 4.78 is 0. The fourth-order valence-electron chi connectivity index (χ4n) is 1.57. The third kappa shape index (κ3) is 1.96. The Labute approximate surface area is 62.8 Å². The second-order valence-corrected chi connectivity index (χ2v) is 3.37. The summed E-state index contributed by atoms with van der Waals surface area (Å²) in [6, 6.07) is 0. The van der Waals surface area contributed by atoms with E-state index in [9.17, 15) is 5.11 Å². The van der Waals surface area contributed by atoms with Crippen LogP contribution in [0.1, 0.15) is 26.7 Å². The van der Waals surface area contributed by atoms with Gasteiger partial charge in [-0.3, -0.25) is 4.90 Å². The number of hydrogen-bond donors (Lipinski definition) is 1. The van der Waals surface area contributed by atoms with Crippen molar-refractivity contribution in [2.75, 3.05) is 13.1 Å². The van der Waals surface area contributed by atoms with Crippen LogP contribution in [0.5, 0.6) is 0 Å². The molecule has 0 radical (unpaired) electrons. The fourth-order valence-corrected chi connectivity index (χ4v) is 1.57. The van der Waals surface area contributed by atoms with Crippen molar-refractivity contribution in [3.05, 3.63) is 0 Å². The Balaban J connectivity index is 2.32. The Hall–Kier alpha value is -0.0800. The maximum Gasteiger partial charge on any atom is 0.104 e. The Morgan fingerprint density at radius 1 is 1.60 bits per heavy atom. The van der Waals surface area contributed by atoms with Gasteiger partial charge in [-0.25, -0.2) is 0 Å². The first-order valence-corrected chi connectivity index (χ1v) is 4.12. The fraction of sp³-hybridized carbons (Fsp3) is 1.00. The standard InChI is InChI=1S/C8H17NO/c1-7-4-3-5-9(6-7)8(2)10/h7-8,10H,3-6H2,1-2H3. The minimum atomic E-state index is -0.247. The van der Waals surface area contributed by atoms with E-state index in [4.69, 9.17) is 0 Å². The lowest BCUT2D eigenvalue weighted by molar-refractivity contribution is -0.00599.